The third-order valence-electron chi connectivity index (χ3n) is 1.89. The number of carbonyl (C=O) groups is 1. The molecule has 98 valence electrons. The smallest absolute Gasteiger partial charge is 0.213 e. The minimum Gasteiger partial charge on any atom is -0.325 e. The van der Waals surface area contributed by atoms with E-state index in [1.807, 2.05) is 6.92 Å². The van der Waals surface area contributed by atoms with E-state index in [1.165, 1.54) is 0 Å². The van der Waals surface area contributed by atoms with Crippen LogP contribution in [0.4, 0.5) is 0 Å². The van der Waals surface area contributed by atoms with Crippen LogP contribution in [0, 0.1) is 11.8 Å². The van der Waals surface area contributed by atoms with Gasteiger partial charge in [-0.3, -0.25) is 4.79 Å². The van der Waals surface area contributed by atoms with Gasteiger partial charge in [0.15, 0.2) is 0 Å². The van der Waals surface area contributed by atoms with Crippen molar-refractivity contribution in [2.24, 2.45) is 0 Å². The van der Waals surface area contributed by atoms with Gasteiger partial charge < -0.3 is 9.61 Å². The first-order chi connectivity index (χ1) is 8.08. The summed E-state index contributed by atoms with van der Waals surface area (Å²) in [6.45, 7) is 6.66. The second-order valence-corrected chi connectivity index (χ2v) is 10.3. The first-order valence-corrected chi connectivity index (χ1v) is 9.88. The summed E-state index contributed by atoms with van der Waals surface area (Å²) in [4.78, 5) is 10.6. The van der Waals surface area contributed by atoms with E-state index in [2.05, 4.69) is 30.8 Å². The van der Waals surface area contributed by atoms with Crippen molar-refractivity contribution in [2.45, 2.75) is 45.3 Å². The quantitative estimate of drug-likeness (QED) is 0.322. The first-order valence-electron chi connectivity index (χ1n) is 5.68. The maximum Gasteiger partial charge on any atom is 0.213 e. The Bertz CT molecular complexity index is 325. The van der Waals surface area contributed by atoms with Gasteiger partial charge in [0.25, 0.3) is 0 Å². The molecule has 0 aromatic carbocycles. The van der Waals surface area contributed by atoms with Crippen molar-refractivity contribution in [3.05, 3.63) is 0 Å². The molecule has 2 atom stereocenters. The van der Waals surface area contributed by atoms with Crippen molar-refractivity contribution < 1.29 is 9.32 Å². The number of amides is 1. The van der Waals surface area contributed by atoms with E-state index in [-0.39, 0.29) is 0 Å². The Kier molecular flexibility index (Phi) is 9.96. The number of hydrogen-bond acceptors (Lipinski definition) is 4. The molecule has 17 heavy (non-hydrogen) atoms. The van der Waals surface area contributed by atoms with Gasteiger partial charge in [-0.15, -0.1) is 11.8 Å². The average molecular weight is 293 g/mol. The van der Waals surface area contributed by atoms with Crippen LogP contribution < -0.4 is 5.09 Å². The molecule has 0 aliphatic carbocycles. The van der Waals surface area contributed by atoms with Crippen molar-refractivity contribution in [3.8, 4) is 11.8 Å². The monoisotopic (exact) mass is 293 g/mol. The molecule has 6 heteroatoms. The largest absolute Gasteiger partial charge is 0.325 e. The van der Waals surface area contributed by atoms with Crippen molar-refractivity contribution in [3.63, 3.8) is 0 Å². The predicted molar refractivity (Wildman–Crippen MR) is 79.5 cm³/mol. The highest BCUT2D eigenvalue weighted by molar-refractivity contribution is 8.69. The molecule has 0 radical (unpaired) electrons. The second-order valence-electron chi connectivity index (χ2n) is 3.36. The van der Waals surface area contributed by atoms with Gasteiger partial charge in [-0.05, 0) is 18.2 Å². The first kappa shape index (κ1) is 17.0. The summed E-state index contributed by atoms with van der Waals surface area (Å²) >= 11 is 6.93. The van der Waals surface area contributed by atoms with E-state index < -0.39 is 5.62 Å². The molecule has 0 rings (SSSR count). The van der Waals surface area contributed by atoms with Gasteiger partial charge in [-0.25, -0.2) is 0 Å². The number of nitrogens with one attached hydrogen (secondary N) is 1. The third kappa shape index (κ3) is 8.68. The number of rotatable bonds is 8. The Hall–Kier alpha value is -0.0100. The maximum absolute atomic E-state index is 10.6. The molecule has 0 heterocycles. The zero-order valence-electron chi connectivity index (χ0n) is 10.6. The number of carbonyl (C=O) groups excluding carboxylic acids is 1. The van der Waals surface area contributed by atoms with Gasteiger partial charge in [-0.2, -0.15) is 0 Å². The average Bonchev–Trinajstić information content (AvgIpc) is 2.29. The van der Waals surface area contributed by atoms with Crippen LogP contribution in [0.15, 0.2) is 0 Å². The molecule has 0 fully saturated rings. The van der Waals surface area contributed by atoms with E-state index in [0.29, 0.717) is 24.7 Å². The fraction of sp³-hybridized carbons (Fsp3) is 0.727. The fourth-order valence-electron chi connectivity index (χ4n) is 0.904. The minimum absolute atomic E-state index is 0.384. The normalized spacial score (nSPS) is 15.2. The molecule has 1 amide bonds. The van der Waals surface area contributed by atoms with E-state index in [1.54, 1.807) is 11.4 Å². The maximum atomic E-state index is 10.6. The number of hydrogen-bond donors (Lipinski definition) is 1. The molecular weight excluding hydrogens is 273 g/mol. The lowest BCUT2D eigenvalue weighted by atomic mass is 10.4. The fourth-order valence-corrected chi connectivity index (χ4v) is 6.45. The Morgan fingerprint density at radius 2 is 2.24 bits per heavy atom. The third-order valence-corrected chi connectivity index (χ3v) is 7.76. The Morgan fingerprint density at radius 1 is 1.53 bits per heavy atom. The highest BCUT2D eigenvalue weighted by Crippen LogP contribution is 2.58. The van der Waals surface area contributed by atoms with E-state index in [0.717, 1.165) is 12.8 Å². The van der Waals surface area contributed by atoms with Gasteiger partial charge >= 0.3 is 0 Å². The highest BCUT2D eigenvalue weighted by Gasteiger charge is 2.20. The van der Waals surface area contributed by atoms with Crippen molar-refractivity contribution in [1.82, 2.24) is 5.09 Å². The Morgan fingerprint density at radius 3 is 2.76 bits per heavy atom. The molecule has 0 aromatic heterocycles. The van der Waals surface area contributed by atoms with E-state index >= 15 is 0 Å². The summed E-state index contributed by atoms with van der Waals surface area (Å²) in [7, 11) is 0. The zero-order chi connectivity index (χ0) is 13.1. The van der Waals surface area contributed by atoms with Gasteiger partial charge in [0.2, 0.25) is 12.0 Å². The van der Waals surface area contributed by atoms with E-state index in [4.69, 9.17) is 16.3 Å². The summed E-state index contributed by atoms with van der Waals surface area (Å²) in [5, 5.41) is 3.04. The topological polar surface area (TPSA) is 38.3 Å². The molecule has 0 spiro atoms. The van der Waals surface area contributed by atoms with Crippen LogP contribution in [0.1, 0.15) is 40.0 Å². The Balaban J connectivity index is 4.21. The summed E-state index contributed by atoms with van der Waals surface area (Å²) in [5.41, 5.74) is -2.28. The van der Waals surface area contributed by atoms with Crippen molar-refractivity contribution in [1.29, 1.82) is 0 Å². The van der Waals surface area contributed by atoms with Gasteiger partial charge in [0, 0.05) is 18.1 Å². The molecule has 2 unspecified atom stereocenters. The van der Waals surface area contributed by atoms with Gasteiger partial charge in [0.1, 0.15) is 0 Å². The van der Waals surface area contributed by atoms with Crippen LogP contribution in [0.2, 0.25) is 0 Å². The summed E-state index contributed by atoms with van der Waals surface area (Å²) in [6.07, 6.45) is 3.15. The van der Waals surface area contributed by atoms with Crippen LogP contribution in [-0.2, 0) is 21.1 Å². The van der Waals surface area contributed by atoms with Crippen LogP contribution in [0.5, 0.6) is 0 Å². The molecule has 0 aliphatic heterocycles. The highest BCUT2D eigenvalue weighted by atomic mass is 32.9. The molecule has 0 aromatic rings. The molecular formula is C11H20NO2PS2. The van der Waals surface area contributed by atoms with Gasteiger partial charge in [0.05, 0.1) is 6.61 Å². The lowest BCUT2D eigenvalue weighted by Crippen LogP contribution is -2.10. The van der Waals surface area contributed by atoms with Crippen LogP contribution in [0.25, 0.3) is 0 Å². The van der Waals surface area contributed by atoms with Crippen LogP contribution in [-0.4, -0.2) is 18.3 Å². The summed E-state index contributed by atoms with van der Waals surface area (Å²) < 4.78 is 5.63. The summed E-state index contributed by atoms with van der Waals surface area (Å²) in [5.74, 6) is 5.96. The lowest BCUT2D eigenvalue weighted by molar-refractivity contribution is -0.108. The van der Waals surface area contributed by atoms with Crippen molar-refractivity contribution >= 4 is 35.2 Å². The van der Waals surface area contributed by atoms with E-state index in [9.17, 15) is 4.79 Å². The molecule has 0 saturated carbocycles. The SMILES string of the molecule is CCC#CCCOP(=S)(NC=O)SC(C)CC. The van der Waals surface area contributed by atoms with Crippen LogP contribution in [0.3, 0.4) is 0 Å². The second kappa shape index (κ2) is 9.96. The lowest BCUT2D eigenvalue weighted by Gasteiger charge is -2.22. The minimum atomic E-state index is -2.28. The standard InChI is InChI=1S/C11H20NO2PS2/c1-4-6-7-8-9-14-15(16,12-10-13)17-11(3)5-2/h10-11H,4-5,8-9H2,1-3H3,(H,12,13,16). The predicted octanol–water partition coefficient (Wildman–Crippen LogP) is 3.31. The molecule has 3 nitrogen and oxygen atoms in total. The molecule has 0 aliphatic rings. The molecule has 1 N–H and O–H groups in total. The molecule has 0 saturated heterocycles. The van der Waals surface area contributed by atoms with Crippen LogP contribution >= 0.6 is 17.0 Å². The van der Waals surface area contributed by atoms with Crippen molar-refractivity contribution in [2.75, 3.05) is 6.61 Å². The molecule has 0 bridgehead atoms. The summed E-state index contributed by atoms with van der Waals surface area (Å²) in [6, 6.07) is 0. The van der Waals surface area contributed by atoms with Gasteiger partial charge in [-0.1, -0.05) is 32.2 Å². The Labute approximate surface area is 113 Å². The zero-order valence-corrected chi connectivity index (χ0v) is 13.1.